The number of esters is 1. The van der Waals surface area contributed by atoms with E-state index < -0.39 is 5.79 Å². The molecule has 0 aromatic rings. The molecule has 4 nitrogen and oxygen atoms in total. The normalized spacial score (nSPS) is 25.2. The molecule has 0 N–H and O–H groups in total. The minimum absolute atomic E-state index is 0.236. The van der Waals surface area contributed by atoms with Gasteiger partial charge in [0.15, 0.2) is 0 Å². The van der Waals surface area contributed by atoms with Gasteiger partial charge in [-0.1, -0.05) is 0 Å². The van der Waals surface area contributed by atoms with Crippen LogP contribution in [0.25, 0.3) is 0 Å². The van der Waals surface area contributed by atoms with Crippen molar-refractivity contribution in [2.75, 3.05) is 13.7 Å². The van der Waals surface area contributed by atoms with E-state index in [0.717, 1.165) is 0 Å². The Morgan fingerprint density at radius 3 is 2.75 bits per heavy atom. The number of carbonyl (C=O) groups is 1. The summed E-state index contributed by atoms with van der Waals surface area (Å²) in [7, 11) is 1.47. The number of hydrogen-bond donors (Lipinski definition) is 0. The Bertz CT molecular complexity index is 217. The van der Waals surface area contributed by atoms with Crippen molar-refractivity contribution in [3.8, 4) is 0 Å². The Balaban J connectivity index is 2.66. The average Bonchev–Trinajstić information content (AvgIpc) is 1.94. The molecule has 0 atom stereocenters. The van der Waals surface area contributed by atoms with E-state index in [1.165, 1.54) is 13.4 Å². The van der Waals surface area contributed by atoms with Crippen LogP contribution in [0.4, 0.5) is 0 Å². The molecule has 1 fully saturated rings. The van der Waals surface area contributed by atoms with E-state index >= 15 is 0 Å². The fourth-order valence-corrected chi connectivity index (χ4v) is 0.853. The molecule has 0 aromatic heterocycles. The van der Waals surface area contributed by atoms with Gasteiger partial charge < -0.3 is 14.2 Å². The third-order valence-corrected chi connectivity index (χ3v) is 1.44. The Morgan fingerprint density at radius 2 is 2.25 bits per heavy atom. The highest BCUT2D eigenvalue weighted by molar-refractivity contribution is 5.89. The summed E-state index contributed by atoms with van der Waals surface area (Å²) in [5, 5.41) is 0. The second-order valence-electron chi connectivity index (χ2n) is 2.96. The maximum absolute atomic E-state index is 11.1. The van der Waals surface area contributed by atoms with E-state index in [9.17, 15) is 4.79 Å². The molecular weight excluding hydrogens is 160 g/mol. The zero-order chi connectivity index (χ0) is 9.19. The molecule has 1 rings (SSSR count). The molecule has 0 aliphatic carbocycles. The fraction of sp³-hybridized carbons (Fsp3) is 0.625. The smallest absolute Gasteiger partial charge is 0.342 e. The van der Waals surface area contributed by atoms with Gasteiger partial charge in [-0.15, -0.1) is 0 Å². The van der Waals surface area contributed by atoms with Crippen LogP contribution in [0.2, 0.25) is 0 Å². The largest absolute Gasteiger partial charge is 0.504 e. The van der Waals surface area contributed by atoms with Crippen LogP contribution in [0, 0.1) is 0 Å². The molecule has 0 aromatic carbocycles. The minimum atomic E-state index is -0.817. The quantitative estimate of drug-likeness (QED) is 0.334. The standard InChI is InChI=1S/C8H12O4/c1-8(2)11-5-6(4-10-3)7(9)12-8/h4H,5H2,1-3H3/b6-4+. The van der Waals surface area contributed by atoms with Gasteiger partial charge in [-0.3, -0.25) is 0 Å². The van der Waals surface area contributed by atoms with Gasteiger partial charge >= 0.3 is 5.97 Å². The van der Waals surface area contributed by atoms with E-state index in [-0.39, 0.29) is 12.6 Å². The summed E-state index contributed by atoms with van der Waals surface area (Å²) in [6, 6.07) is 0. The van der Waals surface area contributed by atoms with Crippen molar-refractivity contribution in [3.05, 3.63) is 11.8 Å². The lowest BCUT2D eigenvalue weighted by Gasteiger charge is -2.30. The van der Waals surface area contributed by atoms with Gasteiger partial charge in [0.1, 0.15) is 0 Å². The molecule has 1 aliphatic heterocycles. The third-order valence-electron chi connectivity index (χ3n) is 1.44. The predicted molar refractivity (Wildman–Crippen MR) is 41.2 cm³/mol. The summed E-state index contributed by atoms with van der Waals surface area (Å²) < 4.78 is 14.8. The molecule has 1 saturated heterocycles. The molecule has 0 spiro atoms. The molecule has 0 bridgehead atoms. The monoisotopic (exact) mass is 172 g/mol. The van der Waals surface area contributed by atoms with E-state index in [0.29, 0.717) is 5.57 Å². The first-order valence-corrected chi connectivity index (χ1v) is 3.64. The van der Waals surface area contributed by atoms with Crippen LogP contribution in [0.5, 0.6) is 0 Å². The van der Waals surface area contributed by atoms with Gasteiger partial charge in [0.05, 0.1) is 25.6 Å². The molecule has 0 radical (unpaired) electrons. The van der Waals surface area contributed by atoms with Gasteiger partial charge in [0, 0.05) is 13.8 Å². The average molecular weight is 172 g/mol. The first-order valence-electron chi connectivity index (χ1n) is 3.64. The highest BCUT2D eigenvalue weighted by Gasteiger charge is 2.31. The van der Waals surface area contributed by atoms with E-state index in [1.54, 1.807) is 13.8 Å². The van der Waals surface area contributed by atoms with E-state index in [2.05, 4.69) is 4.74 Å². The van der Waals surface area contributed by atoms with Gasteiger partial charge in [-0.2, -0.15) is 0 Å². The van der Waals surface area contributed by atoms with E-state index in [1.807, 2.05) is 0 Å². The molecule has 1 heterocycles. The fourth-order valence-electron chi connectivity index (χ4n) is 0.853. The lowest BCUT2D eigenvalue weighted by atomic mass is 10.2. The number of ether oxygens (including phenoxy) is 3. The SMILES string of the molecule is CO/C=C1\COC(C)(C)OC1=O. The zero-order valence-electron chi connectivity index (χ0n) is 7.42. The van der Waals surface area contributed by atoms with Crippen LogP contribution in [-0.2, 0) is 19.0 Å². The van der Waals surface area contributed by atoms with Crippen molar-refractivity contribution in [3.63, 3.8) is 0 Å². The summed E-state index contributed by atoms with van der Waals surface area (Å²) >= 11 is 0. The van der Waals surface area contributed by atoms with Crippen molar-refractivity contribution in [2.24, 2.45) is 0 Å². The molecule has 0 unspecified atom stereocenters. The number of cyclic esters (lactones) is 1. The number of methoxy groups -OCH3 is 1. The molecule has 0 saturated carbocycles. The maximum Gasteiger partial charge on any atom is 0.342 e. The summed E-state index contributed by atoms with van der Waals surface area (Å²) in [5.74, 6) is -1.20. The highest BCUT2D eigenvalue weighted by Crippen LogP contribution is 2.20. The second-order valence-corrected chi connectivity index (χ2v) is 2.96. The summed E-state index contributed by atoms with van der Waals surface area (Å²) in [6.07, 6.45) is 1.33. The van der Waals surface area contributed by atoms with Crippen LogP contribution < -0.4 is 0 Å². The van der Waals surface area contributed by atoms with Gasteiger partial charge in [0.2, 0.25) is 5.79 Å². The summed E-state index contributed by atoms with van der Waals surface area (Å²) in [4.78, 5) is 11.1. The highest BCUT2D eigenvalue weighted by atomic mass is 16.7. The van der Waals surface area contributed by atoms with Crippen molar-refractivity contribution in [2.45, 2.75) is 19.6 Å². The lowest BCUT2D eigenvalue weighted by Crippen LogP contribution is -2.38. The molecular formula is C8H12O4. The summed E-state index contributed by atoms with van der Waals surface area (Å²) in [5.41, 5.74) is 0.400. The van der Waals surface area contributed by atoms with Crippen LogP contribution >= 0.6 is 0 Å². The molecule has 4 heteroatoms. The number of rotatable bonds is 1. The molecule has 68 valence electrons. The Morgan fingerprint density at radius 1 is 1.58 bits per heavy atom. The van der Waals surface area contributed by atoms with Crippen molar-refractivity contribution >= 4 is 5.97 Å². The van der Waals surface area contributed by atoms with Gasteiger partial charge in [-0.25, -0.2) is 4.79 Å². The number of hydrogen-bond acceptors (Lipinski definition) is 4. The second kappa shape index (κ2) is 3.15. The van der Waals surface area contributed by atoms with Crippen LogP contribution in [0.3, 0.4) is 0 Å². The van der Waals surface area contributed by atoms with Crippen molar-refractivity contribution in [1.29, 1.82) is 0 Å². The van der Waals surface area contributed by atoms with Gasteiger partial charge in [-0.05, 0) is 0 Å². The first-order chi connectivity index (χ1) is 5.55. The first kappa shape index (κ1) is 9.06. The third kappa shape index (κ3) is 1.98. The predicted octanol–water partition coefficient (Wildman–Crippen LogP) is 0.826. The minimum Gasteiger partial charge on any atom is -0.504 e. The number of carbonyl (C=O) groups excluding carboxylic acids is 1. The Kier molecular flexibility index (Phi) is 2.38. The molecule has 0 amide bonds. The van der Waals surface area contributed by atoms with Crippen molar-refractivity contribution < 1.29 is 19.0 Å². The Hall–Kier alpha value is -1.03. The zero-order valence-corrected chi connectivity index (χ0v) is 7.42. The molecule has 1 aliphatic rings. The maximum atomic E-state index is 11.1. The van der Waals surface area contributed by atoms with Gasteiger partial charge in [0.25, 0.3) is 0 Å². The molecule has 12 heavy (non-hydrogen) atoms. The van der Waals surface area contributed by atoms with Crippen LogP contribution in [-0.4, -0.2) is 25.5 Å². The Labute approximate surface area is 71.1 Å². The van der Waals surface area contributed by atoms with Crippen LogP contribution in [0.1, 0.15) is 13.8 Å². The topological polar surface area (TPSA) is 44.8 Å². The summed E-state index contributed by atoms with van der Waals surface area (Å²) in [6.45, 7) is 3.61. The van der Waals surface area contributed by atoms with Crippen LogP contribution in [0.15, 0.2) is 11.8 Å². The van der Waals surface area contributed by atoms with Crippen molar-refractivity contribution in [1.82, 2.24) is 0 Å². The lowest BCUT2D eigenvalue weighted by molar-refractivity contribution is -0.224. The van der Waals surface area contributed by atoms with E-state index in [4.69, 9.17) is 9.47 Å².